The average Bonchev–Trinajstić information content (AvgIpc) is 2.26. The maximum Gasteiger partial charge on any atom is 0.328 e. The Hall–Kier alpha value is -1.90. The SMILES string of the molecule is CCC(=O)c1ccc(C)c(/C=C/C(=O)O)c1. The number of carbonyl (C=O) groups is 2. The number of aliphatic carboxylic acids is 1. The van der Waals surface area contributed by atoms with Crippen LogP contribution in [0.15, 0.2) is 24.3 Å². The lowest BCUT2D eigenvalue weighted by Crippen LogP contribution is -1.97. The van der Waals surface area contributed by atoms with Crippen molar-refractivity contribution in [1.29, 1.82) is 0 Å². The highest BCUT2D eigenvalue weighted by Gasteiger charge is 2.04. The Morgan fingerprint density at radius 3 is 2.62 bits per heavy atom. The third-order valence-electron chi connectivity index (χ3n) is 2.33. The lowest BCUT2D eigenvalue weighted by molar-refractivity contribution is -0.131. The Bertz CT molecular complexity index is 444. The molecule has 16 heavy (non-hydrogen) atoms. The highest BCUT2D eigenvalue weighted by Crippen LogP contribution is 2.14. The van der Waals surface area contributed by atoms with Gasteiger partial charge >= 0.3 is 5.97 Å². The van der Waals surface area contributed by atoms with Gasteiger partial charge in [-0.3, -0.25) is 4.79 Å². The van der Waals surface area contributed by atoms with Gasteiger partial charge in [-0.2, -0.15) is 0 Å². The van der Waals surface area contributed by atoms with Crippen molar-refractivity contribution >= 4 is 17.8 Å². The molecule has 0 radical (unpaired) electrons. The van der Waals surface area contributed by atoms with E-state index in [1.54, 1.807) is 19.1 Å². The first-order valence-electron chi connectivity index (χ1n) is 5.09. The van der Waals surface area contributed by atoms with Crippen LogP contribution in [0.5, 0.6) is 0 Å². The molecule has 0 amide bonds. The molecular formula is C13H14O3. The molecule has 0 aromatic heterocycles. The average molecular weight is 218 g/mol. The number of carboxylic acid groups (broad SMARTS) is 1. The molecule has 0 unspecified atom stereocenters. The fourth-order valence-corrected chi connectivity index (χ4v) is 1.36. The van der Waals surface area contributed by atoms with Crippen molar-refractivity contribution in [3.8, 4) is 0 Å². The first kappa shape index (κ1) is 12.2. The van der Waals surface area contributed by atoms with Crippen LogP contribution in [0.4, 0.5) is 0 Å². The quantitative estimate of drug-likeness (QED) is 0.624. The maximum atomic E-state index is 11.5. The number of hydrogen-bond acceptors (Lipinski definition) is 2. The molecule has 1 N–H and O–H groups in total. The molecule has 0 saturated heterocycles. The molecule has 3 heteroatoms. The molecule has 0 heterocycles. The van der Waals surface area contributed by atoms with E-state index in [2.05, 4.69) is 0 Å². The second-order valence-corrected chi connectivity index (χ2v) is 3.52. The molecule has 0 spiro atoms. The van der Waals surface area contributed by atoms with Crippen molar-refractivity contribution in [1.82, 2.24) is 0 Å². The van der Waals surface area contributed by atoms with Gasteiger partial charge < -0.3 is 5.11 Å². The van der Waals surface area contributed by atoms with E-state index in [-0.39, 0.29) is 5.78 Å². The van der Waals surface area contributed by atoms with Crippen molar-refractivity contribution in [2.75, 3.05) is 0 Å². The van der Waals surface area contributed by atoms with Gasteiger partial charge in [-0.15, -0.1) is 0 Å². The smallest absolute Gasteiger partial charge is 0.328 e. The minimum Gasteiger partial charge on any atom is -0.478 e. The molecule has 0 saturated carbocycles. The fraction of sp³-hybridized carbons (Fsp3) is 0.231. The molecule has 84 valence electrons. The highest BCUT2D eigenvalue weighted by atomic mass is 16.4. The van der Waals surface area contributed by atoms with Gasteiger partial charge in [0.25, 0.3) is 0 Å². The number of Topliss-reactive ketones (excluding diaryl/α,β-unsaturated/α-hetero) is 1. The van der Waals surface area contributed by atoms with Crippen LogP contribution in [-0.4, -0.2) is 16.9 Å². The summed E-state index contributed by atoms with van der Waals surface area (Å²) in [6.07, 6.45) is 3.03. The molecule has 1 aromatic rings. The van der Waals surface area contributed by atoms with Crippen molar-refractivity contribution in [3.63, 3.8) is 0 Å². The molecule has 1 rings (SSSR count). The van der Waals surface area contributed by atoms with Gasteiger partial charge in [0, 0.05) is 18.1 Å². The molecule has 0 atom stereocenters. The van der Waals surface area contributed by atoms with E-state index in [4.69, 9.17) is 5.11 Å². The van der Waals surface area contributed by atoms with Crippen LogP contribution in [0.2, 0.25) is 0 Å². The number of benzene rings is 1. The number of hydrogen-bond donors (Lipinski definition) is 1. The number of carbonyl (C=O) groups excluding carboxylic acids is 1. The van der Waals surface area contributed by atoms with Crippen molar-refractivity contribution < 1.29 is 14.7 Å². The first-order valence-corrected chi connectivity index (χ1v) is 5.09. The Labute approximate surface area is 94.4 Å². The zero-order chi connectivity index (χ0) is 12.1. The summed E-state index contributed by atoms with van der Waals surface area (Å²) < 4.78 is 0. The van der Waals surface area contributed by atoms with Gasteiger partial charge in [0.2, 0.25) is 0 Å². The normalized spacial score (nSPS) is 10.6. The zero-order valence-electron chi connectivity index (χ0n) is 9.36. The van der Waals surface area contributed by atoms with Gasteiger partial charge in [-0.25, -0.2) is 4.79 Å². The van der Waals surface area contributed by atoms with Crippen LogP contribution in [-0.2, 0) is 4.79 Å². The Morgan fingerprint density at radius 2 is 2.06 bits per heavy atom. The Morgan fingerprint density at radius 1 is 1.38 bits per heavy atom. The second kappa shape index (κ2) is 5.26. The predicted octanol–water partition coefficient (Wildman–Crippen LogP) is 2.69. The summed E-state index contributed by atoms with van der Waals surface area (Å²) in [5, 5.41) is 8.54. The van der Waals surface area contributed by atoms with Crippen molar-refractivity contribution in [2.45, 2.75) is 20.3 Å². The van der Waals surface area contributed by atoms with Crippen LogP contribution < -0.4 is 0 Å². The molecule has 0 aliphatic carbocycles. The zero-order valence-corrected chi connectivity index (χ0v) is 9.36. The van der Waals surface area contributed by atoms with Crippen LogP contribution in [0.1, 0.15) is 34.8 Å². The number of carboxylic acids is 1. The largest absolute Gasteiger partial charge is 0.478 e. The van der Waals surface area contributed by atoms with Crippen LogP contribution in [0.25, 0.3) is 6.08 Å². The van der Waals surface area contributed by atoms with E-state index in [1.807, 2.05) is 13.0 Å². The monoisotopic (exact) mass is 218 g/mol. The van der Waals surface area contributed by atoms with Gasteiger partial charge in [-0.05, 0) is 30.2 Å². The summed E-state index contributed by atoms with van der Waals surface area (Å²) in [5.41, 5.74) is 2.34. The van der Waals surface area contributed by atoms with E-state index in [9.17, 15) is 9.59 Å². The maximum absolute atomic E-state index is 11.5. The Kier molecular flexibility index (Phi) is 4.00. The second-order valence-electron chi connectivity index (χ2n) is 3.52. The van der Waals surface area contributed by atoms with Gasteiger partial charge in [0.1, 0.15) is 0 Å². The summed E-state index contributed by atoms with van der Waals surface area (Å²) in [6.45, 7) is 3.68. The molecule has 1 aromatic carbocycles. The summed E-state index contributed by atoms with van der Waals surface area (Å²) in [5.74, 6) is -0.934. The van der Waals surface area contributed by atoms with Crippen LogP contribution in [0.3, 0.4) is 0 Å². The van der Waals surface area contributed by atoms with Gasteiger partial charge in [0.15, 0.2) is 5.78 Å². The van der Waals surface area contributed by atoms with E-state index in [1.165, 1.54) is 6.08 Å². The summed E-state index contributed by atoms with van der Waals surface area (Å²) in [4.78, 5) is 21.9. The summed E-state index contributed by atoms with van der Waals surface area (Å²) >= 11 is 0. The van der Waals surface area contributed by atoms with Crippen molar-refractivity contribution in [3.05, 3.63) is 41.0 Å². The number of ketones is 1. The molecule has 3 nitrogen and oxygen atoms in total. The third-order valence-corrected chi connectivity index (χ3v) is 2.33. The minimum atomic E-state index is -0.994. The lowest BCUT2D eigenvalue weighted by Gasteiger charge is -2.03. The van der Waals surface area contributed by atoms with Crippen LogP contribution in [0, 0.1) is 6.92 Å². The Balaban J connectivity index is 3.08. The lowest BCUT2D eigenvalue weighted by atomic mass is 10.0. The van der Waals surface area contributed by atoms with Crippen LogP contribution >= 0.6 is 0 Å². The molecule has 0 bridgehead atoms. The number of rotatable bonds is 4. The highest BCUT2D eigenvalue weighted by molar-refractivity contribution is 5.96. The predicted molar refractivity (Wildman–Crippen MR) is 62.5 cm³/mol. The first-order chi connectivity index (χ1) is 7.54. The van der Waals surface area contributed by atoms with E-state index in [0.29, 0.717) is 12.0 Å². The minimum absolute atomic E-state index is 0.0602. The summed E-state index contributed by atoms with van der Waals surface area (Å²) in [7, 11) is 0. The van der Waals surface area contributed by atoms with Gasteiger partial charge in [0.05, 0.1) is 0 Å². The molecule has 0 aliphatic heterocycles. The molecule has 0 fully saturated rings. The van der Waals surface area contributed by atoms with Gasteiger partial charge in [-0.1, -0.05) is 19.1 Å². The molecule has 0 aliphatic rings. The van der Waals surface area contributed by atoms with E-state index < -0.39 is 5.97 Å². The number of aryl methyl sites for hydroxylation is 1. The van der Waals surface area contributed by atoms with E-state index in [0.717, 1.165) is 17.2 Å². The topological polar surface area (TPSA) is 54.4 Å². The standard InChI is InChI=1S/C13H14O3/c1-3-12(14)11-5-4-9(2)10(8-11)6-7-13(15)16/h4-8H,3H2,1-2H3,(H,15,16)/b7-6+. The fourth-order valence-electron chi connectivity index (χ4n) is 1.36. The van der Waals surface area contributed by atoms with E-state index >= 15 is 0 Å². The van der Waals surface area contributed by atoms with Crippen molar-refractivity contribution in [2.24, 2.45) is 0 Å². The third kappa shape index (κ3) is 3.05. The molecular weight excluding hydrogens is 204 g/mol. The summed E-state index contributed by atoms with van der Waals surface area (Å²) in [6, 6.07) is 5.31.